The molecule has 140 valence electrons. The van der Waals surface area contributed by atoms with Crippen LogP contribution in [0.4, 0.5) is 0 Å². The van der Waals surface area contributed by atoms with Crippen molar-refractivity contribution >= 4 is 29.3 Å². The second-order valence-electron chi connectivity index (χ2n) is 5.60. The normalized spacial score (nSPS) is 10.6. The molecule has 1 heterocycles. The first-order valence-corrected chi connectivity index (χ1v) is 9.74. The van der Waals surface area contributed by atoms with Gasteiger partial charge in [0.05, 0.1) is 19.4 Å². The lowest BCUT2D eigenvalue weighted by atomic mass is 10.2. The Morgan fingerprint density at radius 3 is 2.93 bits per heavy atom. The summed E-state index contributed by atoms with van der Waals surface area (Å²) >= 11 is 7.60. The van der Waals surface area contributed by atoms with Gasteiger partial charge in [0.1, 0.15) is 5.75 Å². The number of carbonyl (C=O) groups is 1. The molecular formula is C19H18ClN3O3S. The Morgan fingerprint density at radius 2 is 2.11 bits per heavy atom. The molecule has 0 bridgehead atoms. The maximum absolute atomic E-state index is 12.0. The van der Waals surface area contributed by atoms with E-state index in [0.29, 0.717) is 34.0 Å². The van der Waals surface area contributed by atoms with Crippen LogP contribution in [0, 0.1) is 0 Å². The number of nitrogens with one attached hydrogen (secondary N) is 1. The predicted octanol–water partition coefficient (Wildman–Crippen LogP) is 3.95. The molecule has 1 N–H and O–H groups in total. The van der Waals surface area contributed by atoms with Crippen LogP contribution >= 0.6 is 23.4 Å². The molecule has 0 saturated heterocycles. The lowest BCUT2D eigenvalue weighted by Crippen LogP contribution is -2.24. The van der Waals surface area contributed by atoms with Crippen LogP contribution in [0.15, 0.2) is 53.1 Å². The van der Waals surface area contributed by atoms with Crippen LogP contribution in [-0.4, -0.2) is 28.9 Å². The Hall–Kier alpha value is -2.51. The second kappa shape index (κ2) is 9.43. The number of benzene rings is 2. The third kappa shape index (κ3) is 5.48. The number of carbonyl (C=O) groups excluding carboxylic acids is 1. The van der Waals surface area contributed by atoms with Gasteiger partial charge in [-0.3, -0.25) is 4.79 Å². The molecule has 2 aromatic carbocycles. The maximum atomic E-state index is 12.0. The van der Waals surface area contributed by atoms with Gasteiger partial charge in [-0.25, -0.2) is 0 Å². The van der Waals surface area contributed by atoms with E-state index in [2.05, 4.69) is 15.5 Å². The summed E-state index contributed by atoms with van der Waals surface area (Å²) < 4.78 is 10.4. The Morgan fingerprint density at radius 1 is 1.26 bits per heavy atom. The fourth-order valence-electron chi connectivity index (χ4n) is 2.30. The minimum Gasteiger partial charge on any atom is -0.497 e. The number of rotatable bonds is 8. The van der Waals surface area contributed by atoms with Gasteiger partial charge in [-0.2, -0.15) is 4.98 Å². The molecule has 1 amide bonds. The number of halogens is 1. The topological polar surface area (TPSA) is 77.3 Å². The number of ether oxygens (including phenoxy) is 1. The Kier molecular flexibility index (Phi) is 6.73. The summed E-state index contributed by atoms with van der Waals surface area (Å²) in [6.07, 6.45) is 0. The summed E-state index contributed by atoms with van der Waals surface area (Å²) in [5, 5.41) is 7.42. The van der Waals surface area contributed by atoms with Gasteiger partial charge in [-0.05, 0) is 23.8 Å². The van der Waals surface area contributed by atoms with Crippen molar-refractivity contribution in [3.8, 4) is 17.1 Å². The fourth-order valence-corrected chi connectivity index (χ4v) is 3.44. The largest absolute Gasteiger partial charge is 0.497 e. The highest BCUT2D eigenvalue weighted by molar-refractivity contribution is 7.99. The van der Waals surface area contributed by atoms with Gasteiger partial charge in [0.25, 0.3) is 0 Å². The Bertz CT molecular complexity index is 916. The van der Waals surface area contributed by atoms with E-state index in [0.717, 1.165) is 11.1 Å². The van der Waals surface area contributed by atoms with Gasteiger partial charge in [0, 0.05) is 16.3 Å². The van der Waals surface area contributed by atoms with E-state index in [1.165, 1.54) is 11.8 Å². The van der Waals surface area contributed by atoms with Crippen LogP contribution < -0.4 is 10.1 Å². The lowest BCUT2D eigenvalue weighted by Gasteiger charge is -2.04. The molecule has 0 atom stereocenters. The molecule has 0 aliphatic heterocycles. The van der Waals surface area contributed by atoms with Gasteiger partial charge in [0.15, 0.2) is 0 Å². The average Bonchev–Trinajstić information content (AvgIpc) is 3.17. The van der Waals surface area contributed by atoms with E-state index in [1.54, 1.807) is 7.11 Å². The van der Waals surface area contributed by atoms with E-state index in [1.807, 2.05) is 48.5 Å². The van der Waals surface area contributed by atoms with Gasteiger partial charge in [-0.15, -0.1) is 11.8 Å². The van der Waals surface area contributed by atoms with Crippen LogP contribution in [-0.2, 0) is 17.1 Å². The maximum Gasteiger partial charge on any atom is 0.246 e. The predicted molar refractivity (Wildman–Crippen MR) is 106 cm³/mol. The number of aromatic nitrogens is 2. The first-order chi connectivity index (χ1) is 13.2. The van der Waals surface area contributed by atoms with Crippen LogP contribution in [0.25, 0.3) is 11.4 Å². The van der Waals surface area contributed by atoms with Gasteiger partial charge < -0.3 is 14.6 Å². The van der Waals surface area contributed by atoms with Crippen LogP contribution in [0.2, 0.25) is 5.02 Å². The number of amides is 1. The van der Waals surface area contributed by atoms with Gasteiger partial charge >= 0.3 is 0 Å². The molecule has 0 fully saturated rings. The molecule has 0 spiro atoms. The molecule has 0 radical (unpaired) electrons. The SMILES string of the molecule is COc1cccc(-c2noc(CNC(=O)CSCc3ccccc3Cl)n2)c1. The number of thioether (sulfide) groups is 1. The molecule has 0 aliphatic carbocycles. The van der Waals surface area contributed by atoms with Crippen molar-refractivity contribution in [3.63, 3.8) is 0 Å². The minimum absolute atomic E-state index is 0.104. The zero-order valence-corrected chi connectivity index (χ0v) is 16.2. The molecule has 3 rings (SSSR count). The third-order valence-electron chi connectivity index (χ3n) is 3.68. The number of methoxy groups -OCH3 is 1. The van der Waals surface area contributed by atoms with Crippen LogP contribution in [0.1, 0.15) is 11.5 Å². The minimum atomic E-state index is -0.104. The zero-order valence-electron chi connectivity index (χ0n) is 14.6. The monoisotopic (exact) mass is 403 g/mol. The Balaban J connectivity index is 1.46. The quantitative estimate of drug-likeness (QED) is 0.613. The van der Waals surface area contributed by atoms with Crippen molar-refractivity contribution < 1.29 is 14.1 Å². The summed E-state index contributed by atoms with van der Waals surface area (Å²) in [7, 11) is 1.60. The highest BCUT2D eigenvalue weighted by atomic mass is 35.5. The third-order valence-corrected chi connectivity index (χ3v) is 5.03. The van der Waals surface area contributed by atoms with Crippen molar-refractivity contribution in [1.82, 2.24) is 15.5 Å². The first kappa shape index (κ1) is 19.3. The van der Waals surface area contributed by atoms with E-state index in [-0.39, 0.29) is 12.5 Å². The van der Waals surface area contributed by atoms with Crippen molar-refractivity contribution in [2.75, 3.05) is 12.9 Å². The first-order valence-electron chi connectivity index (χ1n) is 8.20. The average molecular weight is 404 g/mol. The summed E-state index contributed by atoms with van der Waals surface area (Å²) in [5.74, 6) is 2.40. The highest BCUT2D eigenvalue weighted by Crippen LogP contribution is 2.22. The Labute approximate surface area is 166 Å². The molecule has 0 saturated carbocycles. The summed E-state index contributed by atoms with van der Waals surface area (Å²) in [6, 6.07) is 15.0. The molecule has 1 aromatic heterocycles. The summed E-state index contributed by atoms with van der Waals surface area (Å²) in [5.41, 5.74) is 1.79. The fraction of sp³-hybridized carbons (Fsp3) is 0.211. The molecule has 0 aliphatic rings. The number of hydrogen-bond donors (Lipinski definition) is 1. The highest BCUT2D eigenvalue weighted by Gasteiger charge is 2.11. The van der Waals surface area contributed by atoms with E-state index in [4.69, 9.17) is 20.9 Å². The van der Waals surface area contributed by atoms with Crippen molar-refractivity contribution in [3.05, 3.63) is 65.0 Å². The van der Waals surface area contributed by atoms with Crippen molar-refractivity contribution in [1.29, 1.82) is 0 Å². The smallest absolute Gasteiger partial charge is 0.246 e. The molecule has 3 aromatic rings. The van der Waals surface area contributed by atoms with Crippen LogP contribution in [0.3, 0.4) is 0 Å². The van der Waals surface area contributed by atoms with Gasteiger partial charge in [-0.1, -0.05) is 47.1 Å². The summed E-state index contributed by atoms with van der Waals surface area (Å²) in [4.78, 5) is 16.3. The number of nitrogens with zero attached hydrogens (tertiary/aromatic N) is 2. The van der Waals surface area contributed by atoms with E-state index in [9.17, 15) is 4.79 Å². The molecule has 27 heavy (non-hydrogen) atoms. The number of hydrogen-bond acceptors (Lipinski definition) is 6. The lowest BCUT2D eigenvalue weighted by molar-refractivity contribution is -0.118. The molecule has 0 unspecified atom stereocenters. The second-order valence-corrected chi connectivity index (χ2v) is 7.00. The van der Waals surface area contributed by atoms with E-state index >= 15 is 0 Å². The molecular weight excluding hydrogens is 386 g/mol. The van der Waals surface area contributed by atoms with Crippen LogP contribution in [0.5, 0.6) is 5.75 Å². The van der Waals surface area contributed by atoms with Crippen molar-refractivity contribution in [2.24, 2.45) is 0 Å². The van der Waals surface area contributed by atoms with Gasteiger partial charge in [0.2, 0.25) is 17.6 Å². The molecule has 8 heteroatoms. The summed E-state index contributed by atoms with van der Waals surface area (Å²) in [6.45, 7) is 0.183. The van der Waals surface area contributed by atoms with Crippen molar-refractivity contribution in [2.45, 2.75) is 12.3 Å². The zero-order chi connectivity index (χ0) is 19.1. The molecule has 6 nitrogen and oxygen atoms in total. The van der Waals surface area contributed by atoms with E-state index < -0.39 is 0 Å². The standard InChI is InChI=1S/C19H18ClN3O3S/c1-25-15-7-4-6-13(9-15)19-22-18(26-23-19)10-21-17(24)12-27-11-14-5-2-3-8-16(14)20/h2-9H,10-12H2,1H3,(H,21,24).